The minimum atomic E-state index is -0.407. The summed E-state index contributed by atoms with van der Waals surface area (Å²) in [6.45, 7) is 4.87. The molecular weight excluding hydrogens is 308 g/mol. The Morgan fingerprint density at radius 3 is 2.67 bits per heavy atom. The lowest BCUT2D eigenvalue weighted by Crippen LogP contribution is -2.31. The van der Waals surface area contributed by atoms with Crippen LogP contribution in [0.15, 0.2) is 35.1 Å². The van der Waals surface area contributed by atoms with Gasteiger partial charge >= 0.3 is 0 Å². The number of pyridine rings is 1. The number of hydrogen-bond donors (Lipinski definition) is 2. The number of hydrogen-bond acceptors (Lipinski definition) is 4. The van der Waals surface area contributed by atoms with Crippen molar-refractivity contribution >= 4 is 5.91 Å². The van der Waals surface area contributed by atoms with Crippen LogP contribution in [-0.2, 0) is 0 Å². The summed E-state index contributed by atoms with van der Waals surface area (Å²) in [5, 5.41) is 2.84. The SMILES string of the molecule is Cc1ccc(C(=O)NC(C)c2ccc3c(c2)OCCCO3)c(=O)[nH]1. The lowest BCUT2D eigenvalue weighted by molar-refractivity contribution is 0.0938. The fraction of sp³-hybridized carbons (Fsp3) is 0.333. The molecule has 1 aliphatic rings. The summed E-state index contributed by atoms with van der Waals surface area (Å²) in [4.78, 5) is 26.8. The third-order valence-corrected chi connectivity index (χ3v) is 3.92. The number of H-pyrrole nitrogens is 1. The zero-order chi connectivity index (χ0) is 17.1. The van der Waals surface area contributed by atoms with Crippen molar-refractivity contribution in [3.05, 3.63) is 57.5 Å². The van der Waals surface area contributed by atoms with Gasteiger partial charge in [0.1, 0.15) is 5.56 Å². The molecule has 0 spiro atoms. The van der Waals surface area contributed by atoms with Crippen LogP contribution in [0.3, 0.4) is 0 Å². The minimum absolute atomic E-state index is 0.0989. The maximum Gasteiger partial charge on any atom is 0.260 e. The molecule has 1 unspecified atom stereocenters. The number of rotatable bonds is 3. The third kappa shape index (κ3) is 3.42. The molecule has 1 atom stereocenters. The first-order valence-electron chi connectivity index (χ1n) is 7.95. The Bertz CT molecular complexity index is 813. The zero-order valence-electron chi connectivity index (χ0n) is 13.7. The first-order chi connectivity index (χ1) is 11.5. The van der Waals surface area contributed by atoms with Crippen molar-refractivity contribution in [2.75, 3.05) is 13.2 Å². The Labute approximate surface area is 139 Å². The number of carbonyl (C=O) groups excluding carboxylic acids is 1. The second-order valence-electron chi connectivity index (χ2n) is 5.84. The van der Waals surface area contributed by atoms with Gasteiger partial charge in [0.15, 0.2) is 11.5 Å². The van der Waals surface area contributed by atoms with Crippen LogP contribution < -0.4 is 20.3 Å². The molecule has 0 aliphatic carbocycles. The Morgan fingerprint density at radius 2 is 1.92 bits per heavy atom. The first-order valence-corrected chi connectivity index (χ1v) is 7.95. The van der Waals surface area contributed by atoms with E-state index in [1.807, 2.05) is 25.1 Å². The van der Waals surface area contributed by atoms with Gasteiger partial charge in [0.05, 0.1) is 19.3 Å². The van der Waals surface area contributed by atoms with E-state index in [1.165, 1.54) is 6.07 Å². The summed E-state index contributed by atoms with van der Waals surface area (Å²) in [5.74, 6) is 0.986. The fourth-order valence-corrected chi connectivity index (χ4v) is 2.56. The number of nitrogens with one attached hydrogen (secondary N) is 2. The van der Waals surface area contributed by atoms with Crippen LogP contribution in [0, 0.1) is 6.92 Å². The maximum absolute atomic E-state index is 12.3. The van der Waals surface area contributed by atoms with E-state index < -0.39 is 11.5 Å². The van der Waals surface area contributed by atoms with Crippen molar-refractivity contribution in [1.29, 1.82) is 0 Å². The molecule has 0 bridgehead atoms. The van der Waals surface area contributed by atoms with Gasteiger partial charge in [0, 0.05) is 12.1 Å². The highest BCUT2D eigenvalue weighted by Gasteiger charge is 2.17. The molecule has 24 heavy (non-hydrogen) atoms. The summed E-state index contributed by atoms with van der Waals surface area (Å²) < 4.78 is 11.3. The van der Waals surface area contributed by atoms with Gasteiger partial charge in [0.2, 0.25) is 0 Å². The van der Waals surface area contributed by atoms with Gasteiger partial charge in [-0.05, 0) is 43.7 Å². The normalized spacial score (nSPS) is 14.6. The molecule has 1 aromatic carbocycles. The van der Waals surface area contributed by atoms with Gasteiger partial charge in [-0.15, -0.1) is 0 Å². The quantitative estimate of drug-likeness (QED) is 0.906. The molecule has 2 heterocycles. The van der Waals surface area contributed by atoms with Gasteiger partial charge in [-0.25, -0.2) is 0 Å². The van der Waals surface area contributed by atoms with Crippen molar-refractivity contribution in [1.82, 2.24) is 10.3 Å². The van der Waals surface area contributed by atoms with Gasteiger partial charge in [-0.2, -0.15) is 0 Å². The van der Waals surface area contributed by atoms with Crippen LogP contribution >= 0.6 is 0 Å². The highest BCUT2D eigenvalue weighted by Crippen LogP contribution is 2.32. The Morgan fingerprint density at radius 1 is 1.17 bits per heavy atom. The highest BCUT2D eigenvalue weighted by atomic mass is 16.5. The van der Waals surface area contributed by atoms with E-state index in [2.05, 4.69) is 10.3 Å². The predicted molar refractivity (Wildman–Crippen MR) is 89.7 cm³/mol. The van der Waals surface area contributed by atoms with E-state index >= 15 is 0 Å². The summed E-state index contributed by atoms with van der Waals surface area (Å²) in [5.41, 5.74) is 1.31. The van der Waals surface area contributed by atoms with E-state index in [1.54, 1.807) is 13.0 Å². The van der Waals surface area contributed by atoms with Crippen molar-refractivity contribution < 1.29 is 14.3 Å². The summed E-state index contributed by atoms with van der Waals surface area (Å²) in [6, 6.07) is 8.56. The molecule has 0 saturated heterocycles. The van der Waals surface area contributed by atoms with Crippen LogP contribution in [-0.4, -0.2) is 24.1 Å². The van der Waals surface area contributed by atoms with Gasteiger partial charge in [-0.1, -0.05) is 6.07 Å². The molecule has 2 N–H and O–H groups in total. The standard InChI is InChI=1S/C18H20N2O4/c1-11-4-6-14(17(21)19-11)18(22)20-12(2)13-5-7-15-16(10-13)24-9-3-8-23-15/h4-7,10,12H,3,8-9H2,1-2H3,(H,19,21)(H,20,22). The Balaban J connectivity index is 1.77. The van der Waals surface area contributed by atoms with Crippen molar-refractivity contribution in [2.45, 2.75) is 26.3 Å². The smallest absolute Gasteiger partial charge is 0.260 e. The third-order valence-electron chi connectivity index (χ3n) is 3.92. The largest absolute Gasteiger partial charge is 0.490 e. The number of aromatic amines is 1. The number of fused-ring (bicyclic) bond motifs is 1. The van der Waals surface area contributed by atoms with Crippen LogP contribution in [0.5, 0.6) is 11.5 Å². The second kappa shape index (κ2) is 6.78. The van der Waals surface area contributed by atoms with E-state index in [-0.39, 0.29) is 11.6 Å². The number of ether oxygens (including phenoxy) is 2. The first kappa shape index (κ1) is 16.1. The second-order valence-corrected chi connectivity index (χ2v) is 5.84. The number of aromatic nitrogens is 1. The Kier molecular flexibility index (Phi) is 4.55. The molecule has 3 rings (SSSR count). The van der Waals surface area contributed by atoms with Crippen LogP contribution in [0.2, 0.25) is 0 Å². The molecule has 1 aromatic heterocycles. The molecule has 0 fully saturated rings. The number of benzene rings is 1. The fourth-order valence-electron chi connectivity index (χ4n) is 2.56. The van der Waals surface area contributed by atoms with Crippen LogP contribution in [0.4, 0.5) is 0 Å². The number of aryl methyl sites for hydroxylation is 1. The van der Waals surface area contributed by atoms with E-state index in [9.17, 15) is 9.59 Å². The summed E-state index contributed by atoms with van der Waals surface area (Å²) in [6.07, 6.45) is 0.840. The van der Waals surface area contributed by atoms with Crippen LogP contribution in [0.1, 0.15) is 41.0 Å². The molecule has 126 valence electrons. The number of carbonyl (C=O) groups is 1. The number of amides is 1. The predicted octanol–water partition coefficient (Wildman–Crippen LogP) is 2.34. The van der Waals surface area contributed by atoms with Crippen molar-refractivity contribution in [2.24, 2.45) is 0 Å². The molecule has 6 heteroatoms. The van der Waals surface area contributed by atoms with Crippen molar-refractivity contribution in [3.63, 3.8) is 0 Å². The molecule has 0 radical (unpaired) electrons. The zero-order valence-corrected chi connectivity index (χ0v) is 13.7. The monoisotopic (exact) mass is 328 g/mol. The maximum atomic E-state index is 12.3. The minimum Gasteiger partial charge on any atom is -0.490 e. The van der Waals surface area contributed by atoms with E-state index in [0.717, 1.165) is 12.0 Å². The Hall–Kier alpha value is -2.76. The summed E-state index contributed by atoms with van der Waals surface area (Å²) in [7, 11) is 0. The average molecular weight is 328 g/mol. The van der Waals surface area contributed by atoms with E-state index in [0.29, 0.717) is 30.4 Å². The molecular formula is C18H20N2O4. The lowest BCUT2D eigenvalue weighted by Gasteiger charge is -2.16. The van der Waals surface area contributed by atoms with Gasteiger partial charge < -0.3 is 19.8 Å². The molecule has 6 nitrogen and oxygen atoms in total. The molecule has 1 aliphatic heterocycles. The van der Waals surface area contributed by atoms with Gasteiger partial charge in [-0.3, -0.25) is 9.59 Å². The van der Waals surface area contributed by atoms with E-state index in [4.69, 9.17) is 9.47 Å². The van der Waals surface area contributed by atoms with Crippen LogP contribution in [0.25, 0.3) is 0 Å². The topological polar surface area (TPSA) is 80.4 Å². The molecule has 2 aromatic rings. The van der Waals surface area contributed by atoms with Crippen molar-refractivity contribution in [3.8, 4) is 11.5 Å². The molecule has 1 amide bonds. The van der Waals surface area contributed by atoms with Gasteiger partial charge in [0.25, 0.3) is 11.5 Å². The summed E-state index contributed by atoms with van der Waals surface area (Å²) >= 11 is 0. The molecule has 0 saturated carbocycles. The highest BCUT2D eigenvalue weighted by molar-refractivity contribution is 5.94. The lowest BCUT2D eigenvalue weighted by atomic mass is 10.1. The average Bonchev–Trinajstić information content (AvgIpc) is 2.79.